The number of hydrogen-bond acceptors (Lipinski definition) is 2. The van der Waals surface area contributed by atoms with Crippen molar-refractivity contribution in [2.75, 3.05) is 6.61 Å². The number of rotatable bonds is 11. The number of hydrogen-bond donors (Lipinski definition) is 0. The maximum absolute atomic E-state index is 14.9. The molecular formula is C32H35F5O2. The maximum atomic E-state index is 14.9. The van der Waals surface area contributed by atoms with E-state index in [1.165, 1.54) is 31.2 Å². The molecule has 0 unspecified atom stereocenters. The fraction of sp³-hybridized carbons (Fsp3) is 0.438. The van der Waals surface area contributed by atoms with Crippen LogP contribution in [0.1, 0.15) is 92.4 Å². The molecule has 1 fully saturated rings. The molecule has 0 radical (unpaired) electrons. The maximum Gasteiger partial charge on any atom is 0.201 e. The summed E-state index contributed by atoms with van der Waals surface area (Å²) in [6.07, 6.45) is 6.65. The zero-order valence-electron chi connectivity index (χ0n) is 22.5. The van der Waals surface area contributed by atoms with Crippen molar-refractivity contribution in [3.8, 4) is 11.5 Å². The van der Waals surface area contributed by atoms with Gasteiger partial charge in [-0.3, -0.25) is 0 Å². The van der Waals surface area contributed by atoms with E-state index in [1.54, 1.807) is 18.2 Å². The van der Waals surface area contributed by atoms with Crippen molar-refractivity contribution in [2.24, 2.45) is 0 Å². The van der Waals surface area contributed by atoms with Gasteiger partial charge in [0.05, 0.1) is 6.61 Å². The fourth-order valence-electron chi connectivity index (χ4n) is 5.26. The third-order valence-electron chi connectivity index (χ3n) is 7.67. The normalized spacial score (nSPS) is 17.3. The van der Waals surface area contributed by atoms with Crippen LogP contribution in [0.15, 0.2) is 42.5 Å². The molecule has 3 aromatic carbocycles. The smallest absolute Gasteiger partial charge is 0.201 e. The van der Waals surface area contributed by atoms with Gasteiger partial charge in [0.2, 0.25) is 5.82 Å². The highest BCUT2D eigenvalue weighted by molar-refractivity contribution is 5.34. The predicted octanol–water partition coefficient (Wildman–Crippen LogP) is 9.67. The van der Waals surface area contributed by atoms with Gasteiger partial charge < -0.3 is 9.47 Å². The van der Waals surface area contributed by atoms with E-state index < -0.39 is 29.1 Å². The topological polar surface area (TPSA) is 18.5 Å². The minimum absolute atomic E-state index is 0.0348. The number of aryl methyl sites for hydroxylation is 1. The van der Waals surface area contributed by atoms with E-state index >= 15 is 0 Å². The van der Waals surface area contributed by atoms with Crippen molar-refractivity contribution in [1.82, 2.24) is 0 Å². The monoisotopic (exact) mass is 546 g/mol. The second-order valence-corrected chi connectivity index (χ2v) is 10.4. The molecule has 4 rings (SSSR count). The van der Waals surface area contributed by atoms with Crippen molar-refractivity contribution in [3.63, 3.8) is 0 Å². The van der Waals surface area contributed by atoms with Crippen LogP contribution in [0.5, 0.6) is 11.5 Å². The number of ether oxygens (including phenoxy) is 2. The molecule has 39 heavy (non-hydrogen) atoms. The highest BCUT2D eigenvalue weighted by atomic mass is 19.2. The van der Waals surface area contributed by atoms with E-state index in [9.17, 15) is 22.0 Å². The molecule has 0 aliphatic heterocycles. The van der Waals surface area contributed by atoms with E-state index in [2.05, 4.69) is 6.92 Å². The lowest BCUT2D eigenvalue weighted by molar-refractivity contribution is 0.271. The largest absolute Gasteiger partial charge is 0.490 e. The summed E-state index contributed by atoms with van der Waals surface area (Å²) in [5.41, 5.74) is 1.45. The van der Waals surface area contributed by atoms with E-state index in [0.717, 1.165) is 44.1 Å². The molecule has 0 atom stereocenters. The molecule has 7 heteroatoms. The standard InChI is InChI=1S/C32H35F5O2/c1-3-4-5-6-17-38-28-16-13-24(30(35)32(28)37)19-39-27-15-12-23(18-26(27)33)21-8-10-22(11-9-21)25-14-7-20(2)29(34)31(25)36/h7,12-16,18,21-22H,3-6,8-11,17,19H2,1-2H3. The first-order chi connectivity index (χ1) is 18.8. The minimum atomic E-state index is -1.08. The summed E-state index contributed by atoms with van der Waals surface area (Å²) in [6, 6.07) is 10.7. The number of halogens is 5. The third-order valence-corrected chi connectivity index (χ3v) is 7.67. The molecule has 3 aromatic rings. The average molecular weight is 547 g/mol. The quantitative estimate of drug-likeness (QED) is 0.176. The van der Waals surface area contributed by atoms with Crippen LogP contribution in [0.2, 0.25) is 0 Å². The van der Waals surface area contributed by atoms with E-state index in [-0.39, 0.29) is 41.1 Å². The van der Waals surface area contributed by atoms with Gasteiger partial charge in [-0.2, -0.15) is 4.39 Å². The van der Waals surface area contributed by atoms with Crippen LogP contribution in [-0.2, 0) is 6.61 Å². The van der Waals surface area contributed by atoms with Gasteiger partial charge in [0.15, 0.2) is 34.8 Å². The summed E-state index contributed by atoms with van der Waals surface area (Å²) < 4.78 is 83.1. The lowest BCUT2D eigenvalue weighted by atomic mass is 9.76. The summed E-state index contributed by atoms with van der Waals surface area (Å²) in [5, 5.41) is 0. The Kier molecular flexibility index (Phi) is 9.87. The average Bonchev–Trinajstić information content (AvgIpc) is 2.94. The summed E-state index contributed by atoms with van der Waals surface area (Å²) in [7, 11) is 0. The van der Waals surface area contributed by atoms with Crippen molar-refractivity contribution in [2.45, 2.75) is 83.7 Å². The molecule has 210 valence electrons. The van der Waals surface area contributed by atoms with Crippen LogP contribution in [0, 0.1) is 36.0 Å². The van der Waals surface area contributed by atoms with Gasteiger partial charge in [-0.25, -0.2) is 17.6 Å². The van der Waals surface area contributed by atoms with Gasteiger partial charge >= 0.3 is 0 Å². The van der Waals surface area contributed by atoms with Crippen molar-refractivity contribution in [1.29, 1.82) is 0 Å². The van der Waals surface area contributed by atoms with E-state index in [4.69, 9.17) is 9.47 Å². The highest BCUT2D eigenvalue weighted by Gasteiger charge is 2.27. The molecule has 0 heterocycles. The molecule has 0 N–H and O–H groups in total. The minimum Gasteiger partial charge on any atom is -0.490 e. The Labute approximate surface area is 227 Å². The van der Waals surface area contributed by atoms with Crippen LogP contribution in [-0.4, -0.2) is 6.61 Å². The zero-order valence-corrected chi connectivity index (χ0v) is 22.5. The molecule has 2 nitrogen and oxygen atoms in total. The van der Waals surface area contributed by atoms with E-state index in [1.807, 2.05) is 0 Å². The van der Waals surface area contributed by atoms with Crippen LogP contribution in [0.4, 0.5) is 22.0 Å². The Hall–Kier alpha value is -3.09. The molecule has 0 aromatic heterocycles. The zero-order chi connectivity index (χ0) is 27.9. The lowest BCUT2D eigenvalue weighted by Crippen LogP contribution is -2.14. The first-order valence-corrected chi connectivity index (χ1v) is 13.8. The molecule has 0 amide bonds. The molecule has 1 saturated carbocycles. The summed E-state index contributed by atoms with van der Waals surface area (Å²) in [6.45, 7) is 3.61. The van der Waals surface area contributed by atoms with Gasteiger partial charge in [-0.1, -0.05) is 44.4 Å². The van der Waals surface area contributed by atoms with Gasteiger partial charge in [0.25, 0.3) is 0 Å². The van der Waals surface area contributed by atoms with Crippen LogP contribution < -0.4 is 9.47 Å². The van der Waals surface area contributed by atoms with Gasteiger partial charge in [-0.05, 0) is 91.8 Å². The molecule has 0 bridgehead atoms. The Balaban J connectivity index is 1.32. The Morgan fingerprint density at radius 2 is 1.41 bits per heavy atom. The van der Waals surface area contributed by atoms with Gasteiger partial charge in [0, 0.05) is 5.56 Å². The molecule has 1 aliphatic rings. The van der Waals surface area contributed by atoms with Gasteiger partial charge in [0.1, 0.15) is 6.61 Å². The Morgan fingerprint density at radius 3 is 2.13 bits per heavy atom. The second-order valence-electron chi connectivity index (χ2n) is 10.4. The molecule has 0 spiro atoms. The van der Waals surface area contributed by atoms with Crippen LogP contribution in [0.25, 0.3) is 0 Å². The summed E-state index contributed by atoms with van der Waals surface area (Å²) in [4.78, 5) is 0. The molecule has 1 aliphatic carbocycles. The predicted molar refractivity (Wildman–Crippen MR) is 142 cm³/mol. The third kappa shape index (κ3) is 6.92. The molecule has 0 saturated heterocycles. The first kappa shape index (κ1) is 28.9. The van der Waals surface area contributed by atoms with Crippen LogP contribution in [0.3, 0.4) is 0 Å². The second kappa shape index (κ2) is 13.3. The number of benzene rings is 3. The first-order valence-electron chi connectivity index (χ1n) is 13.8. The van der Waals surface area contributed by atoms with Crippen LogP contribution >= 0.6 is 0 Å². The number of unbranched alkanes of at least 4 members (excludes halogenated alkanes) is 3. The summed E-state index contributed by atoms with van der Waals surface area (Å²) in [5.74, 6) is -4.49. The van der Waals surface area contributed by atoms with Crippen molar-refractivity contribution >= 4 is 0 Å². The van der Waals surface area contributed by atoms with Crippen molar-refractivity contribution in [3.05, 3.63) is 93.8 Å². The molecular weight excluding hydrogens is 511 g/mol. The fourth-order valence-corrected chi connectivity index (χ4v) is 5.26. The highest BCUT2D eigenvalue weighted by Crippen LogP contribution is 2.42. The summed E-state index contributed by atoms with van der Waals surface area (Å²) >= 11 is 0. The van der Waals surface area contributed by atoms with Gasteiger partial charge in [-0.15, -0.1) is 0 Å². The van der Waals surface area contributed by atoms with Crippen molar-refractivity contribution < 1.29 is 31.4 Å². The Morgan fingerprint density at radius 1 is 0.692 bits per heavy atom. The SMILES string of the molecule is CCCCCCOc1ccc(COc2ccc(C3CCC(c4ccc(C)c(F)c4F)CC3)cc2F)c(F)c1F. The van der Waals surface area contributed by atoms with E-state index in [0.29, 0.717) is 25.0 Å². The lowest BCUT2D eigenvalue weighted by Gasteiger charge is -2.29. The Bertz CT molecular complexity index is 1270.